The van der Waals surface area contributed by atoms with E-state index in [0.717, 1.165) is 16.2 Å². The van der Waals surface area contributed by atoms with Crippen LogP contribution in [0.25, 0.3) is 10.6 Å². The molecule has 1 N–H and O–H groups in total. The van der Waals surface area contributed by atoms with Crippen LogP contribution in [0.5, 0.6) is 5.75 Å². The fourth-order valence-electron chi connectivity index (χ4n) is 4.37. The van der Waals surface area contributed by atoms with Gasteiger partial charge in [-0.05, 0) is 59.8 Å². The Morgan fingerprint density at radius 2 is 1.94 bits per heavy atom. The molecule has 2 amide bonds. The van der Waals surface area contributed by atoms with Gasteiger partial charge in [0.15, 0.2) is 0 Å². The lowest BCUT2D eigenvalue weighted by molar-refractivity contribution is -0.133. The molecule has 0 saturated carbocycles. The fraction of sp³-hybridized carbons (Fsp3) is 0.222. The summed E-state index contributed by atoms with van der Waals surface area (Å²) in [5, 5.41) is 9.56. The Labute approximate surface area is 212 Å². The van der Waals surface area contributed by atoms with Gasteiger partial charge in [-0.15, -0.1) is 11.3 Å². The van der Waals surface area contributed by atoms with Gasteiger partial charge in [0.2, 0.25) is 5.91 Å². The average molecular weight is 505 g/mol. The van der Waals surface area contributed by atoms with Gasteiger partial charge < -0.3 is 15.0 Å². The Balaban J connectivity index is 1.46. The predicted molar refractivity (Wildman–Crippen MR) is 135 cm³/mol. The van der Waals surface area contributed by atoms with Crippen LogP contribution in [0.1, 0.15) is 28.5 Å². The van der Waals surface area contributed by atoms with E-state index in [1.54, 1.807) is 36.9 Å². The first-order valence-electron chi connectivity index (χ1n) is 11.5. The summed E-state index contributed by atoms with van der Waals surface area (Å²) in [6.07, 6.45) is 0. The molecule has 4 aromatic rings. The van der Waals surface area contributed by atoms with Crippen LogP contribution in [0.15, 0.2) is 72.1 Å². The second-order valence-electron chi connectivity index (χ2n) is 8.88. The number of methoxy groups -OCH3 is 1. The highest BCUT2D eigenvalue weighted by atomic mass is 32.1. The summed E-state index contributed by atoms with van der Waals surface area (Å²) in [5.74, 6) is -0.318. The van der Waals surface area contributed by atoms with Crippen molar-refractivity contribution >= 4 is 23.2 Å². The minimum Gasteiger partial charge on any atom is -0.497 e. The normalized spacial score (nSPS) is 17.1. The molecule has 0 radical (unpaired) electrons. The molecular formula is C27H25FN4O3S. The molecule has 1 aliphatic rings. The Bertz CT molecular complexity index is 1400. The second-order valence-corrected chi connectivity index (χ2v) is 9.82. The van der Waals surface area contributed by atoms with Crippen molar-refractivity contribution in [3.05, 3.63) is 94.7 Å². The van der Waals surface area contributed by atoms with Crippen LogP contribution in [0.2, 0.25) is 0 Å². The third kappa shape index (κ3) is 4.49. The summed E-state index contributed by atoms with van der Waals surface area (Å²) in [7, 11) is 1.60. The first-order valence-corrected chi connectivity index (χ1v) is 12.3. The number of nitrogens with zero attached hydrogens (tertiary/aromatic N) is 3. The van der Waals surface area contributed by atoms with Crippen LogP contribution in [0.4, 0.5) is 4.39 Å². The molecule has 9 heteroatoms. The molecule has 0 bridgehead atoms. The van der Waals surface area contributed by atoms with E-state index in [9.17, 15) is 14.0 Å². The number of halogens is 1. The van der Waals surface area contributed by atoms with Gasteiger partial charge in [-0.2, -0.15) is 5.10 Å². The molecule has 1 atom stereocenters. The highest BCUT2D eigenvalue weighted by molar-refractivity contribution is 7.13. The predicted octanol–water partition coefficient (Wildman–Crippen LogP) is 4.49. The minimum atomic E-state index is -1.25. The van der Waals surface area contributed by atoms with Crippen molar-refractivity contribution in [2.75, 3.05) is 7.11 Å². The lowest BCUT2D eigenvalue weighted by Crippen LogP contribution is -2.63. The number of carbonyl (C=O) groups is 2. The van der Waals surface area contributed by atoms with Crippen molar-refractivity contribution in [3.8, 4) is 16.3 Å². The molecule has 184 valence electrons. The molecule has 36 heavy (non-hydrogen) atoms. The van der Waals surface area contributed by atoms with Crippen molar-refractivity contribution in [1.29, 1.82) is 0 Å². The Morgan fingerprint density at radius 1 is 1.14 bits per heavy atom. The molecule has 7 nitrogen and oxygen atoms in total. The number of amides is 2. The monoisotopic (exact) mass is 504 g/mol. The quantitative estimate of drug-likeness (QED) is 0.402. The van der Waals surface area contributed by atoms with E-state index in [2.05, 4.69) is 10.4 Å². The summed E-state index contributed by atoms with van der Waals surface area (Å²) < 4.78 is 20.7. The third-order valence-corrected chi connectivity index (χ3v) is 7.29. The van der Waals surface area contributed by atoms with Crippen molar-refractivity contribution < 1.29 is 18.7 Å². The maximum atomic E-state index is 13.9. The van der Waals surface area contributed by atoms with Crippen molar-refractivity contribution in [3.63, 3.8) is 0 Å². The van der Waals surface area contributed by atoms with Crippen molar-refractivity contribution in [1.82, 2.24) is 20.0 Å². The SMILES string of the molecule is COc1ccc(CNC(=O)C2(C)Cn3nc(-c4cccs4)cc3C(=O)N2Cc2cccc(F)c2)cc1. The van der Waals surface area contributed by atoms with Gasteiger partial charge in [-0.1, -0.05) is 30.3 Å². The third-order valence-electron chi connectivity index (χ3n) is 6.40. The zero-order valence-electron chi connectivity index (χ0n) is 19.9. The number of thiophene rings is 1. The van der Waals surface area contributed by atoms with E-state index in [1.165, 1.54) is 28.4 Å². The van der Waals surface area contributed by atoms with Crippen LogP contribution in [0, 0.1) is 5.82 Å². The van der Waals surface area contributed by atoms with Gasteiger partial charge in [0, 0.05) is 13.1 Å². The van der Waals surface area contributed by atoms with Crippen LogP contribution >= 0.6 is 11.3 Å². The first kappa shape index (κ1) is 23.7. The van der Waals surface area contributed by atoms with E-state index in [-0.39, 0.29) is 31.4 Å². The highest BCUT2D eigenvalue weighted by Crippen LogP contribution is 2.32. The zero-order valence-corrected chi connectivity index (χ0v) is 20.7. The van der Waals surface area contributed by atoms with Gasteiger partial charge in [0.05, 0.1) is 18.5 Å². The number of ether oxygens (including phenoxy) is 1. The summed E-state index contributed by atoms with van der Waals surface area (Å²) in [6.45, 7) is 2.27. The second kappa shape index (κ2) is 9.58. The molecular weight excluding hydrogens is 479 g/mol. The molecule has 0 aliphatic carbocycles. The number of carbonyl (C=O) groups excluding carboxylic acids is 2. The summed E-state index contributed by atoms with van der Waals surface area (Å²) in [5.41, 5.74) is 1.33. The van der Waals surface area contributed by atoms with E-state index in [0.29, 0.717) is 17.0 Å². The van der Waals surface area contributed by atoms with Crippen molar-refractivity contribution in [2.45, 2.75) is 32.1 Å². The first-order chi connectivity index (χ1) is 17.4. The number of benzene rings is 2. The Morgan fingerprint density at radius 3 is 2.64 bits per heavy atom. The van der Waals surface area contributed by atoms with E-state index >= 15 is 0 Å². The van der Waals surface area contributed by atoms with Crippen LogP contribution in [-0.2, 0) is 24.4 Å². The molecule has 2 aromatic carbocycles. The number of hydrogen-bond donors (Lipinski definition) is 1. The Kier molecular flexibility index (Phi) is 6.32. The molecule has 0 fully saturated rings. The molecule has 1 unspecified atom stereocenters. The fourth-order valence-corrected chi connectivity index (χ4v) is 5.05. The number of hydrogen-bond acceptors (Lipinski definition) is 5. The van der Waals surface area contributed by atoms with E-state index in [1.807, 2.05) is 41.8 Å². The number of nitrogens with one attached hydrogen (secondary N) is 1. The maximum absolute atomic E-state index is 13.9. The maximum Gasteiger partial charge on any atom is 0.273 e. The number of rotatable bonds is 7. The Hall–Kier alpha value is -3.98. The molecule has 5 rings (SSSR count). The lowest BCUT2D eigenvalue weighted by atomic mass is 9.94. The van der Waals surface area contributed by atoms with Crippen LogP contribution < -0.4 is 10.1 Å². The largest absolute Gasteiger partial charge is 0.497 e. The van der Waals surface area contributed by atoms with Crippen LogP contribution in [0.3, 0.4) is 0 Å². The van der Waals surface area contributed by atoms with Gasteiger partial charge >= 0.3 is 0 Å². The molecule has 1 aliphatic heterocycles. The topological polar surface area (TPSA) is 76.5 Å². The highest BCUT2D eigenvalue weighted by Gasteiger charge is 2.48. The van der Waals surface area contributed by atoms with Crippen molar-refractivity contribution in [2.24, 2.45) is 0 Å². The molecule has 2 aromatic heterocycles. The average Bonchev–Trinajstić information content (AvgIpc) is 3.56. The number of aromatic nitrogens is 2. The van der Waals surface area contributed by atoms with Gasteiger partial charge in [-0.3, -0.25) is 14.3 Å². The minimum absolute atomic E-state index is 0.0859. The van der Waals surface area contributed by atoms with Gasteiger partial charge in [-0.25, -0.2) is 4.39 Å². The smallest absolute Gasteiger partial charge is 0.273 e. The van der Waals surface area contributed by atoms with Gasteiger partial charge in [0.25, 0.3) is 5.91 Å². The molecule has 0 spiro atoms. The van der Waals surface area contributed by atoms with E-state index in [4.69, 9.17) is 4.74 Å². The summed E-state index contributed by atoms with van der Waals surface area (Å²) >= 11 is 1.53. The number of fused-ring (bicyclic) bond motifs is 1. The van der Waals surface area contributed by atoms with Crippen LogP contribution in [-0.4, -0.2) is 39.1 Å². The molecule has 3 heterocycles. The summed E-state index contributed by atoms with van der Waals surface area (Å²) in [4.78, 5) is 29.8. The standard InChI is InChI=1S/C27H25FN4O3S/c1-27(26(34)29-15-18-8-10-21(35-2)11-9-18)17-32-23(14-22(30-32)24-7-4-12-36-24)25(33)31(27)16-19-5-3-6-20(28)13-19/h3-14H,15-17H2,1-2H3,(H,29,34). The lowest BCUT2D eigenvalue weighted by Gasteiger charge is -2.43. The zero-order chi connectivity index (χ0) is 25.3. The van der Waals surface area contributed by atoms with Gasteiger partial charge in [0.1, 0.15) is 28.5 Å². The van der Waals surface area contributed by atoms with E-state index < -0.39 is 11.4 Å². The summed E-state index contributed by atoms with van der Waals surface area (Å²) in [6, 6.07) is 19.1. The molecule has 0 saturated heterocycles.